The van der Waals surface area contributed by atoms with Crippen molar-refractivity contribution in [1.82, 2.24) is 0 Å². The number of hydrogen-bond acceptors (Lipinski definition) is 3. The molecule has 13 heavy (non-hydrogen) atoms. The van der Waals surface area contributed by atoms with E-state index in [9.17, 15) is 4.57 Å². The van der Waals surface area contributed by atoms with Gasteiger partial charge in [-0.15, -0.1) is 0 Å². The van der Waals surface area contributed by atoms with Crippen molar-refractivity contribution in [3.8, 4) is 0 Å². The molecule has 3 nitrogen and oxygen atoms in total. The van der Waals surface area contributed by atoms with E-state index in [1.165, 1.54) is 0 Å². The molecular weight excluding hydrogens is 187 g/mol. The summed E-state index contributed by atoms with van der Waals surface area (Å²) in [7, 11) is -2.89. The smallest absolute Gasteiger partial charge is 0.306 e. The summed E-state index contributed by atoms with van der Waals surface area (Å²) in [6.07, 6.45) is 0.812. The molecule has 0 aromatic carbocycles. The fraction of sp³-hybridized carbons (Fsp3) is 0.889. The van der Waals surface area contributed by atoms with E-state index in [0.717, 1.165) is 0 Å². The molecule has 0 aromatic heterocycles. The quantitative estimate of drug-likeness (QED) is 0.627. The van der Waals surface area contributed by atoms with Gasteiger partial charge in [0.25, 0.3) is 0 Å². The van der Waals surface area contributed by atoms with Gasteiger partial charge in [-0.2, -0.15) is 0 Å². The van der Waals surface area contributed by atoms with Gasteiger partial charge in [-0.3, -0.25) is 4.57 Å². The highest BCUT2D eigenvalue weighted by atomic mass is 31.2. The van der Waals surface area contributed by atoms with E-state index in [2.05, 4.69) is 6.92 Å². The lowest BCUT2D eigenvalue weighted by Gasteiger charge is -2.22. The molecule has 0 aromatic rings. The van der Waals surface area contributed by atoms with Crippen LogP contribution in [-0.4, -0.2) is 18.4 Å². The molecule has 0 spiro atoms. The maximum absolute atomic E-state index is 11.9. The second kappa shape index (κ2) is 5.79. The monoisotopic (exact) mass is 207 g/mol. The Morgan fingerprint density at radius 3 is 1.77 bits per heavy atom. The summed E-state index contributed by atoms with van der Waals surface area (Å²) in [5.41, 5.74) is 0. The Balaban J connectivity index is 4.25. The number of hydrogen-bond donors (Lipinski definition) is 0. The molecule has 0 unspecified atom stereocenters. The number of rotatable bonds is 6. The predicted octanol–water partition coefficient (Wildman–Crippen LogP) is 3.25. The van der Waals surface area contributed by atoms with Crippen LogP contribution in [0.2, 0.25) is 0 Å². The van der Waals surface area contributed by atoms with Gasteiger partial charge in [0.15, 0.2) is 0 Å². The van der Waals surface area contributed by atoms with Gasteiger partial charge in [0.2, 0.25) is 0 Å². The molecule has 4 heteroatoms. The van der Waals surface area contributed by atoms with Crippen LogP contribution < -0.4 is 0 Å². The lowest BCUT2D eigenvalue weighted by molar-refractivity contribution is 0.143. The van der Waals surface area contributed by atoms with Crippen molar-refractivity contribution in [3.63, 3.8) is 0 Å². The van der Waals surface area contributed by atoms with Crippen LogP contribution in [0.4, 0.5) is 0 Å². The van der Waals surface area contributed by atoms with E-state index in [-0.39, 0.29) is 12.2 Å². The highest BCUT2D eigenvalue weighted by Crippen LogP contribution is 2.50. The minimum absolute atomic E-state index is 0.0730. The fourth-order valence-corrected chi connectivity index (χ4v) is 2.90. The zero-order valence-corrected chi connectivity index (χ0v) is 9.84. The molecule has 0 saturated carbocycles. The largest absolute Gasteiger partial charge is 0.331 e. The molecule has 0 atom stereocenters. The summed E-state index contributed by atoms with van der Waals surface area (Å²) in [6.45, 7) is 11.0. The first-order valence-electron chi connectivity index (χ1n) is 4.64. The van der Waals surface area contributed by atoms with Gasteiger partial charge in [0, 0.05) is 0 Å². The first kappa shape index (κ1) is 13.2. The van der Waals surface area contributed by atoms with Crippen LogP contribution in [0.25, 0.3) is 0 Å². The lowest BCUT2D eigenvalue weighted by Crippen LogP contribution is -2.09. The normalized spacial score (nSPS) is 12.8. The second-order valence-corrected chi connectivity index (χ2v) is 5.59. The van der Waals surface area contributed by atoms with E-state index < -0.39 is 7.60 Å². The minimum Gasteiger partial charge on any atom is -0.306 e. The Bertz CT molecular complexity index is 164. The summed E-state index contributed by atoms with van der Waals surface area (Å²) in [5.74, 6) is 0. The van der Waals surface area contributed by atoms with Crippen LogP contribution >= 0.6 is 7.60 Å². The second-order valence-electron chi connectivity index (χ2n) is 3.50. The average molecular weight is 207 g/mol. The first-order chi connectivity index (χ1) is 5.89. The molecule has 0 aliphatic heterocycles. The summed E-state index contributed by atoms with van der Waals surface area (Å²) in [5, 5.41) is 0. The molecule has 0 rings (SSSR count). The zero-order valence-electron chi connectivity index (χ0n) is 8.95. The molecule has 0 bridgehead atoms. The molecular formula is C9H20O3P. The fourth-order valence-electron chi connectivity index (χ4n) is 0.966. The Labute approximate surface area is 81.3 Å². The average Bonchev–Trinajstić information content (AvgIpc) is 1.81. The molecule has 79 valence electrons. The highest BCUT2D eigenvalue weighted by molar-refractivity contribution is 7.53. The maximum Gasteiger partial charge on any atom is 0.331 e. The zero-order chi connectivity index (χ0) is 10.5. The van der Waals surface area contributed by atoms with Crippen molar-refractivity contribution >= 4 is 7.60 Å². The third kappa shape index (κ3) is 6.25. The van der Waals surface area contributed by atoms with Gasteiger partial charge in [-0.05, 0) is 34.1 Å². The van der Waals surface area contributed by atoms with E-state index in [0.29, 0.717) is 12.6 Å². The van der Waals surface area contributed by atoms with E-state index in [1.54, 1.807) is 0 Å². The molecule has 0 amide bonds. The first-order valence-corrected chi connectivity index (χ1v) is 6.37. The van der Waals surface area contributed by atoms with Gasteiger partial charge in [0.05, 0.1) is 18.4 Å². The van der Waals surface area contributed by atoms with E-state index in [1.807, 2.05) is 27.7 Å². The van der Waals surface area contributed by atoms with E-state index in [4.69, 9.17) is 9.05 Å². The van der Waals surface area contributed by atoms with E-state index >= 15 is 0 Å². The van der Waals surface area contributed by atoms with Crippen LogP contribution in [0.1, 0.15) is 34.1 Å². The Kier molecular flexibility index (Phi) is 5.86. The van der Waals surface area contributed by atoms with Crippen molar-refractivity contribution in [3.05, 3.63) is 6.92 Å². The standard InChI is InChI=1S/C9H20O3P/c1-6-7-13(10,11-8(2)3)12-9(4)5/h8-9H,1,6-7H2,2-5H3. The molecule has 1 radical (unpaired) electrons. The Morgan fingerprint density at radius 2 is 1.54 bits per heavy atom. The van der Waals surface area contributed by atoms with Gasteiger partial charge in [0.1, 0.15) is 0 Å². The van der Waals surface area contributed by atoms with Crippen molar-refractivity contribution in [1.29, 1.82) is 0 Å². The van der Waals surface area contributed by atoms with Crippen molar-refractivity contribution in [2.75, 3.05) is 6.16 Å². The summed E-state index contributed by atoms with van der Waals surface area (Å²) in [6, 6.07) is 0. The molecule has 0 fully saturated rings. The van der Waals surface area contributed by atoms with Gasteiger partial charge in [-0.1, -0.05) is 6.92 Å². The van der Waals surface area contributed by atoms with Crippen LogP contribution in [0.5, 0.6) is 0 Å². The van der Waals surface area contributed by atoms with Crippen molar-refractivity contribution < 1.29 is 13.6 Å². The summed E-state index contributed by atoms with van der Waals surface area (Å²) < 4.78 is 22.5. The molecule has 0 N–H and O–H groups in total. The molecule has 0 aliphatic carbocycles. The van der Waals surface area contributed by atoms with Gasteiger partial charge >= 0.3 is 7.60 Å². The van der Waals surface area contributed by atoms with Gasteiger partial charge < -0.3 is 9.05 Å². The topological polar surface area (TPSA) is 35.5 Å². The molecule has 0 aliphatic rings. The van der Waals surface area contributed by atoms with Crippen molar-refractivity contribution in [2.45, 2.75) is 46.3 Å². The van der Waals surface area contributed by atoms with Crippen LogP contribution in [0.15, 0.2) is 0 Å². The minimum atomic E-state index is -2.89. The maximum atomic E-state index is 11.9. The highest BCUT2D eigenvalue weighted by Gasteiger charge is 2.25. The summed E-state index contributed by atoms with van der Waals surface area (Å²) in [4.78, 5) is 0. The molecule has 0 heterocycles. The Hall–Kier alpha value is 0.150. The van der Waals surface area contributed by atoms with Crippen LogP contribution in [0, 0.1) is 6.92 Å². The SMILES string of the molecule is [CH2]CCP(=O)(OC(C)C)OC(C)C. The van der Waals surface area contributed by atoms with Crippen LogP contribution in [0.3, 0.4) is 0 Å². The predicted molar refractivity (Wildman–Crippen MR) is 54.9 cm³/mol. The Morgan fingerprint density at radius 1 is 1.15 bits per heavy atom. The third-order valence-electron chi connectivity index (χ3n) is 1.17. The molecule has 0 saturated heterocycles. The van der Waals surface area contributed by atoms with Crippen molar-refractivity contribution in [2.24, 2.45) is 0 Å². The summed E-state index contributed by atoms with van der Waals surface area (Å²) >= 11 is 0. The lowest BCUT2D eigenvalue weighted by atomic mass is 10.5. The third-order valence-corrected chi connectivity index (χ3v) is 3.52. The van der Waals surface area contributed by atoms with Gasteiger partial charge in [-0.25, -0.2) is 0 Å². The van der Waals surface area contributed by atoms with Crippen LogP contribution in [-0.2, 0) is 13.6 Å².